The molecular weight excluding hydrogens is 268 g/mol. The van der Waals surface area contributed by atoms with E-state index in [4.69, 9.17) is 9.47 Å². The highest BCUT2D eigenvalue weighted by Crippen LogP contribution is 2.30. The van der Waals surface area contributed by atoms with Crippen LogP contribution < -0.4 is 15.0 Å². The molecule has 2 aliphatic rings. The van der Waals surface area contributed by atoms with Crippen molar-refractivity contribution in [1.82, 2.24) is 5.32 Å². The fourth-order valence-electron chi connectivity index (χ4n) is 2.68. The Bertz CT molecular complexity index is 502. The zero-order chi connectivity index (χ0) is 14.7. The van der Waals surface area contributed by atoms with Gasteiger partial charge in [-0.25, -0.2) is 0 Å². The molecule has 1 aromatic rings. The van der Waals surface area contributed by atoms with Crippen molar-refractivity contribution in [2.45, 2.75) is 31.3 Å². The second-order valence-electron chi connectivity index (χ2n) is 5.63. The Morgan fingerprint density at radius 2 is 2.29 bits per heavy atom. The highest BCUT2D eigenvalue weighted by atomic mass is 16.5. The Morgan fingerprint density at radius 3 is 3.05 bits per heavy atom. The predicted molar refractivity (Wildman–Crippen MR) is 80.7 cm³/mol. The predicted octanol–water partition coefficient (Wildman–Crippen LogP) is 1.57. The summed E-state index contributed by atoms with van der Waals surface area (Å²) in [5, 5.41) is 3.38. The van der Waals surface area contributed by atoms with Crippen molar-refractivity contribution in [3.8, 4) is 5.75 Å². The number of carbonyl (C=O) groups excluding carboxylic acids is 1. The van der Waals surface area contributed by atoms with Crippen molar-refractivity contribution >= 4 is 11.7 Å². The molecule has 1 aromatic carbocycles. The van der Waals surface area contributed by atoms with Crippen LogP contribution in [0.4, 0.5) is 5.69 Å². The normalized spacial score (nSPS) is 19.2. The number of ether oxygens (including phenoxy) is 2. The molecule has 1 aliphatic heterocycles. The highest BCUT2D eigenvalue weighted by Gasteiger charge is 2.31. The van der Waals surface area contributed by atoms with Gasteiger partial charge in [-0.3, -0.25) is 4.79 Å². The van der Waals surface area contributed by atoms with E-state index < -0.39 is 0 Å². The zero-order valence-corrected chi connectivity index (χ0v) is 12.4. The Labute approximate surface area is 125 Å². The lowest BCUT2D eigenvalue weighted by Gasteiger charge is -2.28. The number of anilines is 1. The van der Waals surface area contributed by atoms with Gasteiger partial charge in [0, 0.05) is 19.1 Å². The van der Waals surface area contributed by atoms with Crippen molar-refractivity contribution in [3.05, 3.63) is 24.3 Å². The van der Waals surface area contributed by atoms with Crippen molar-refractivity contribution in [3.63, 3.8) is 0 Å². The van der Waals surface area contributed by atoms with E-state index in [2.05, 4.69) is 10.2 Å². The fraction of sp³-hybridized carbons (Fsp3) is 0.562. The monoisotopic (exact) mass is 290 g/mol. The van der Waals surface area contributed by atoms with Crippen LogP contribution in [0.3, 0.4) is 0 Å². The lowest BCUT2D eigenvalue weighted by Crippen LogP contribution is -2.48. The molecule has 0 spiro atoms. The van der Waals surface area contributed by atoms with E-state index in [1.165, 1.54) is 7.11 Å². The van der Waals surface area contributed by atoms with Gasteiger partial charge in [0.05, 0.1) is 19.4 Å². The van der Waals surface area contributed by atoms with Crippen molar-refractivity contribution in [2.75, 3.05) is 31.7 Å². The van der Waals surface area contributed by atoms with Crippen molar-refractivity contribution < 1.29 is 14.3 Å². The molecule has 1 fully saturated rings. The van der Waals surface area contributed by atoms with Crippen LogP contribution in [-0.2, 0) is 9.53 Å². The number of benzene rings is 1. The molecule has 1 unspecified atom stereocenters. The molecule has 0 saturated heterocycles. The zero-order valence-electron chi connectivity index (χ0n) is 12.4. The van der Waals surface area contributed by atoms with E-state index in [0.717, 1.165) is 37.2 Å². The number of hydrogen-bond donors (Lipinski definition) is 1. The van der Waals surface area contributed by atoms with Crippen LogP contribution in [0.15, 0.2) is 24.3 Å². The Hall–Kier alpha value is -1.75. The molecule has 1 N–H and O–H groups in total. The van der Waals surface area contributed by atoms with Crippen LogP contribution in [0.5, 0.6) is 5.75 Å². The van der Waals surface area contributed by atoms with Crippen LogP contribution in [0, 0.1) is 0 Å². The minimum absolute atomic E-state index is 0.190. The lowest BCUT2D eigenvalue weighted by atomic mass is 10.2. The van der Waals surface area contributed by atoms with E-state index in [0.29, 0.717) is 19.2 Å². The first-order valence-electron chi connectivity index (χ1n) is 7.58. The molecule has 5 heteroatoms. The second-order valence-corrected chi connectivity index (χ2v) is 5.63. The van der Waals surface area contributed by atoms with Gasteiger partial charge in [0.1, 0.15) is 11.8 Å². The van der Waals surface area contributed by atoms with Crippen molar-refractivity contribution in [2.24, 2.45) is 0 Å². The van der Waals surface area contributed by atoms with E-state index in [1.807, 2.05) is 24.3 Å². The second kappa shape index (κ2) is 6.35. The van der Waals surface area contributed by atoms with E-state index in [-0.39, 0.29) is 12.0 Å². The maximum atomic E-state index is 12.0. The first-order chi connectivity index (χ1) is 10.3. The third-order valence-electron chi connectivity index (χ3n) is 3.94. The molecule has 1 aliphatic carbocycles. The molecule has 0 bridgehead atoms. The number of rotatable bonds is 5. The van der Waals surface area contributed by atoms with Gasteiger partial charge in [0.15, 0.2) is 0 Å². The Morgan fingerprint density at radius 1 is 1.48 bits per heavy atom. The molecule has 21 heavy (non-hydrogen) atoms. The molecule has 0 aromatic heterocycles. The largest absolute Gasteiger partial charge is 0.491 e. The third-order valence-corrected chi connectivity index (χ3v) is 3.94. The number of carbonyl (C=O) groups is 1. The van der Waals surface area contributed by atoms with E-state index in [9.17, 15) is 4.79 Å². The standard InChI is InChI=1S/C16H22N2O3/c1-20-16(19)13(17-12-7-8-12)11-18-9-4-10-21-15-6-3-2-5-14(15)18/h2-3,5-6,12-13,17H,4,7-11H2,1H3. The maximum Gasteiger partial charge on any atom is 0.324 e. The number of methoxy groups -OCH3 is 1. The summed E-state index contributed by atoms with van der Waals surface area (Å²) in [6.45, 7) is 2.22. The summed E-state index contributed by atoms with van der Waals surface area (Å²) in [4.78, 5) is 14.2. The smallest absolute Gasteiger partial charge is 0.324 e. The van der Waals surface area contributed by atoms with Gasteiger partial charge in [0.2, 0.25) is 0 Å². The number of hydrogen-bond acceptors (Lipinski definition) is 5. The van der Waals surface area contributed by atoms with Gasteiger partial charge in [0.25, 0.3) is 0 Å². The van der Waals surface area contributed by atoms with Gasteiger partial charge in [-0.15, -0.1) is 0 Å². The molecule has 0 amide bonds. The summed E-state index contributed by atoms with van der Waals surface area (Å²) < 4.78 is 10.7. The molecule has 1 atom stereocenters. The molecule has 0 radical (unpaired) electrons. The van der Waals surface area contributed by atoms with Crippen LogP contribution in [0.25, 0.3) is 0 Å². The highest BCUT2D eigenvalue weighted by molar-refractivity contribution is 5.77. The summed E-state index contributed by atoms with van der Waals surface area (Å²) in [5.74, 6) is 0.703. The maximum absolute atomic E-state index is 12.0. The quantitative estimate of drug-likeness (QED) is 0.834. The molecule has 1 saturated carbocycles. The molecule has 1 heterocycles. The molecular formula is C16H22N2O3. The van der Waals surface area contributed by atoms with Crippen molar-refractivity contribution in [1.29, 1.82) is 0 Å². The first-order valence-corrected chi connectivity index (χ1v) is 7.58. The molecule has 3 rings (SSSR count). The van der Waals surface area contributed by atoms with E-state index >= 15 is 0 Å². The summed E-state index contributed by atoms with van der Waals surface area (Å²) in [5.41, 5.74) is 1.06. The van der Waals surface area contributed by atoms with Gasteiger partial charge in [-0.2, -0.15) is 0 Å². The van der Waals surface area contributed by atoms with E-state index in [1.54, 1.807) is 0 Å². The summed E-state index contributed by atoms with van der Waals surface area (Å²) in [6.07, 6.45) is 3.24. The number of nitrogens with one attached hydrogen (secondary N) is 1. The number of para-hydroxylation sites is 2. The number of nitrogens with zero attached hydrogens (tertiary/aromatic N) is 1. The fourth-order valence-corrected chi connectivity index (χ4v) is 2.68. The van der Waals surface area contributed by atoms with Gasteiger partial charge >= 0.3 is 5.97 Å². The minimum atomic E-state index is -0.284. The minimum Gasteiger partial charge on any atom is -0.491 e. The number of fused-ring (bicyclic) bond motifs is 1. The summed E-state index contributed by atoms with van der Waals surface area (Å²) in [6, 6.07) is 8.19. The topological polar surface area (TPSA) is 50.8 Å². The van der Waals surface area contributed by atoms with Gasteiger partial charge in [-0.05, 0) is 31.4 Å². The van der Waals surface area contributed by atoms with Gasteiger partial charge < -0.3 is 19.7 Å². The number of esters is 1. The Kier molecular flexibility index (Phi) is 4.29. The van der Waals surface area contributed by atoms with Crippen LogP contribution in [-0.4, -0.2) is 44.9 Å². The SMILES string of the molecule is COC(=O)C(CN1CCCOc2ccccc21)NC1CC1. The van der Waals surface area contributed by atoms with Crippen LogP contribution in [0.2, 0.25) is 0 Å². The average Bonchev–Trinajstić information content (AvgIpc) is 3.33. The summed E-state index contributed by atoms with van der Waals surface area (Å²) in [7, 11) is 1.45. The van der Waals surface area contributed by atoms with Crippen LogP contribution >= 0.6 is 0 Å². The summed E-state index contributed by atoms with van der Waals surface area (Å²) >= 11 is 0. The molecule has 5 nitrogen and oxygen atoms in total. The Balaban J connectivity index is 1.76. The third kappa shape index (κ3) is 3.47. The molecule has 114 valence electrons. The first kappa shape index (κ1) is 14.2. The van der Waals surface area contributed by atoms with Gasteiger partial charge in [-0.1, -0.05) is 12.1 Å². The van der Waals surface area contributed by atoms with Crippen LogP contribution in [0.1, 0.15) is 19.3 Å². The lowest BCUT2D eigenvalue weighted by molar-refractivity contribution is -0.142. The average molecular weight is 290 g/mol.